The van der Waals surface area contributed by atoms with Gasteiger partial charge in [-0.25, -0.2) is 18.6 Å². The van der Waals surface area contributed by atoms with Gasteiger partial charge in [-0.05, 0) is 68.3 Å². The molecule has 7 nitrogen and oxygen atoms in total. The summed E-state index contributed by atoms with van der Waals surface area (Å²) in [5, 5.41) is 12.1. The molecule has 0 spiro atoms. The summed E-state index contributed by atoms with van der Waals surface area (Å²) in [6, 6.07) is 10.5. The van der Waals surface area contributed by atoms with Crippen LogP contribution in [0.4, 0.5) is 8.78 Å². The molecule has 1 heterocycles. The minimum atomic E-state index is -1.07. The molecule has 0 aliphatic carbocycles. The zero-order valence-corrected chi connectivity index (χ0v) is 20.9. The number of aromatic nitrogens is 1. The second-order valence-electron chi connectivity index (χ2n) is 8.04. The van der Waals surface area contributed by atoms with E-state index >= 15 is 0 Å². The number of thioether (sulfide) groups is 1. The molecule has 0 radical (unpaired) electrons. The summed E-state index contributed by atoms with van der Waals surface area (Å²) in [6.07, 6.45) is 0.584. The second-order valence-corrected chi connectivity index (χ2v) is 9.26. The maximum atomic E-state index is 13.7. The quantitative estimate of drug-likeness (QED) is 0.306. The van der Waals surface area contributed by atoms with Crippen LogP contribution in [0.15, 0.2) is 59.6 Å². The molecule has 1 amide bonds. The van der Waals surface area contributed by atoms with E-state index in [9.17, 15) is 23.5 Å². The summed E-state index contributed by atoms with van der Waals surface area (Å²) in [5.41, 5.74) is 1.11. The van der Waals surface area contributed by atoms with Crippen molar-refractivity contribution in [3.63, 3.8) is 0 Å². The number of ether oxygens (including phenoxy) is 2. The molecule has 0 saturated heterocycles. The Bertz CT molecular complexity index is 1240. The number of amides is 1. The zero-order valence-electron chi connectivity index (χ0n) is 20.1. The van der Waals surface area contributed by atoms with E-state index in [1.165, 1.54) is 62.3 Å². The summed E-state index contributed by atoms with van der Waals surface area (Å²) < 4.78 is 37.8. The van der Waals surface area contributed by atoms with Gasteiger partial charge in [-0.2, -0.15) is 0 Å². The number of aromatic hydroxyl groups is 1. The molecule has 190 valence electrons. The molecule has 2 N–H and O–H groups in total. The molecule has 3 atom stereocenters. The Morgan fingerprint density at radius 2 is 1.72 bits per heavy atom. The van der Waals surface area contributed by atoms with Gasteiger partial charge in [-0.3, -0.25) is 4.79 Å². The molecule has 1 aromatic heterocycles. The van der Waals surface area contributed by atoms with E-state index in [2.05, 4.69) is 10.3 Å². The Morgan fingerprint density at radius 1 is 1.06 bits per heavy atom. The lowest BCUT2D eigenvalue weighted by Gasteiger charge is -2.27. The van der Waals surface area contributed by atoms with Crippen LogP contribution in [0.3, 0.4) is 0 Å². The fraction of sp³-hybridized carbons (Fsp3) is 0.269. The zero-order chi connectivity index (χ0) is 26.4. The number of hydrogen-bond acceptors (Lipinski definition) is 7. The van der Waals surface area contributed by atoms with Crippen LogP contribution >= 0.6 is 11.8 Å². The molecule has 0 fully saturated rings. The number of methoxy groups -OCH3 is 1. The van der Waals surface area contributed by atoms with Crippen LogP contribution in [-0.4, -0.2) is 41.2 Å². The third-order valence-corrected chi connectivity index (χ3v) is 6.80. The van der Waals surface area contributed by atoms with Crippen LogP contribution in [0.25, 0.3) is 0 Å². The number of nitrogens with one attached hydrogen (secondary N) is 1. The van der Waals surface area contributed by atoms with Crippen molar-refractivity contribution < 1.29 is 33.0 Å². The van der Waals surface area contributed by atoms with E-state index in [4.69, 9.17) is 9.47 Å². The average molecular weight is 517 g/mol. The van der Waals surface area contributed by atoms with Crippen molar-refractivity contribution in [2.24, 2.45) is 0 Å². The number of nitrogens with zero attached hydrogens (tertiary/aromatic N) is 1. The van der Waals surface area contributed by atoms with Gasteiger partial charge in [0.2, 0.25) is 0 Å². The fourth-order valence-corrected chi connectivity index (χ4v) is 4.69. The second kappa shape index (κ2) is 11.9. The van der Waals surface area contributed by atoms with Gasteiger partial charge in [0.05, 0.1) is 12.4 Å². The predicted molar refractivity (Wildman–Crippen MR) is 131 cm³/mol. The van der Waals surface area contributed by atoms with Gasteiger partial charge in [0.15, 0.2) is 17.2 Å². The summed E-state index contributed by atoms with van der Waals surface area (Å²) in [5.74, 6) is -2.66. The van der Waals surface area contributed by atoms with Crippen LogP contribution in [0.1, 0.15) is 40.7 Å². The van der Waals surface area contributed by atoms with Crippen LogP contribution in [-0.2, 0) is 9.53 Å². The number of halogens is 2. The molecule has 0 saturated carbocycles. The molecule has 3 rings (SSSR count). The molecule has 36 heavy (non-hydrogen) atoms. The number of aryl methyl sites for hydroxylation is 1. The minimum Gasteiger partial charge on any atom is -0.503 e. The molecule has 0 aliphatic rings. The maximum absolute atomic E-state index is 13.7. The number of carbonyl (C=O) groups is 2. The van der Waals surface area contributed by atoms with E-state index in [0.29, 0.717) is 5.56 Å². The van der Waals surface area contributed by atoms with Crippen LogP contribution < -0.4 is 10.1 Å². The molecular weight excluding hydrogens is 490 g/mol. The third kappa shape index (κ3) is 6.51. The van der Waals surface area contributed by atoms with Crippen LogP contribution in [0.2, 0.25) is 0 Å². The van der Waals surface area contributed by atoms with Crippen molar-refractivity contribution >= 4 is 23.6 Å². The Morgan fingerprint density at radius 3 is 2.36 bits per heavy atom. The van der Waals surface area contributed by atoms with E-state index < -0.39 is 40.8 Å². The average Bonchev–Trinajstić information content (AvgIpc) is 2.84. The molecule has 0 unspecified atom stereocenters. The van der Waals surface area contributed by atoms with Gasteiger partial charge in [0.1, 0.15) is 23.8 Å². The minimum absolute atomic E-state index is 0.0642. The summed E-state index contributed by atoms with van der Waals surface area (Å²) in [4.78, 5) is 30.0. The van der Waals surface area contributed by atoms with Gasteiger partial charge >= 0.3 is 5.97 Å². The Labute approximate surface area is 211 Å². The first-order chi connectivity index (χ1) is 17.1. The van der Waals surface area contributed by atoms with E-state index in [1.807, 2.05) is 0 Å². The number of esters is 1. The highest BCUT2D eigenvalue weighted by Gasteiger charge is 2.29. The third-order valence-electron chi connectivity index (χ3n) is 5.37. The lowest BCUT2D eigenvalue weighted by molar-refractivity contribution is -0.150. The molecule has 2 aromatic carbocycles. The van der Waals surface area contributed by atoms with Crippen molar-refractivity contribution in [3.8, 4) is 11.5 Å². The summed E-state index contributed by atoms with van der Waals surface area (Å²) >= 11 is 1.34. The highest BCUT2D eigenvalue weighted by molar-refractivity contribution is 7.99. The number of carbonyl (C=O) groups excluding carboxylic acids is 2. The SMILES string of the molecule is COc1ccnc(C(=O)N[C@@H](C)C(=O)O[C@@H](C)[C@H](Sc2ccc(F)cc2)c2ccc(F)cc2C)c1O. The van der Waals surface area contributed by atoms with E-state index in [0.717, 1.165) is 10.5 Å². The van der Waals surface area contributed by atoms with Crippen molar-refractivity contribution in [1.82, 2.24) is 10.3 Å². The van der Waals surface area contributed by atoms with Crippen molar-refractivity contribution in [2.45, 2.75) is 43.1 Å². The number of hydrogen-bond donors (Lipinski definition) is 2. The molecule has 0 aliphatic heterocycles. The Hall–Kier alpha value is -3.66. The first-order valence-electron chi connectivity index (χ1n) is 11.0. The number of rotatable bonds is 9. The van der Waals surface area contributed by atoms with Gasteiger partial charge in [-0.15, -0.1) is 11.8 Å². The maximum Gasteiger partial charge on any atom is 0.328 e. The highest BCUT2D eigenvalue weighted by atomic mass is 32.2. The first-order valence-corrected chi connectivity index (χ1v) is 11.9. The van der Waals surface area contributed by atoms with Crippen molar-refractivity contribution in [1.29, 1.82) is 0 Å². The van der Waals surface area contributed by atoms with Gasteiger partial charge in [0, 0.05) is 17.2 Å². The Kier molecular flexibility index (Phi) is 8.87. The lowest BCUT2D eigenvalue weighted by atomic mass is 10.0. The largest absolute Gasteiger partial charge is 0.503 e. The van der Waals surface area contributed by atoms with Crippen LogP contribution in [0, 0.1) is 18.6 Å². The molecular formula is C26H26F2N2O5S. The summed E-state index contributed by atoms with van der Waals surface area (Å²) in [6.45, 7) is 4.88. The van der Waals surface area contributed by atoms with Crippen molar-refractivity contribution in [3.05, 3.63) is 83.2 Å². The van der Waals surface area contributed by atoms with Gasteiger partial charge < -0.3 is 19.9 Å². The normalized spacial score (nSPS) is 13.4. The number of pyridine rings is 1. The van der Waals surface area contributed by atoms with E-state index in [-0.39, 0.29) is 17.3 Å². The predicted octanol–water partition coefficient (Wildman–Crippen LogP) is 4.97. The Balaban J connectivity index is 1.76. The van der Waals surface area contributed by atoms with E-state index in [1.54, 1.807) is 32.0 Å². The highest BCUT2D eigenvalue weighted by Crippen LogP contribution is 2.40. The van der Waals surface area contributed by atoms with Gasteiger partial charge in [-0.1, -0.05) is 6.07 Å². The lowest BCUT2D eigenvalue weighted by Crippen LogP contribution is -2.41. The summed E-state index contributed by atoms with van der Waals surface area (Å²) in [7, 11) is 1.33. The molecule has 10 heteroatoms. The monoisotopic (exact) mass is 516 g/mol. The molecule has 0 bridgehead atoms. The van der Waals surface area contributed by atoms with Crippen LogP contribution in [0.5, 0.6) is 11.5 Å². The molecule has 3 aromatic rings. The van der Waals surface area contributed by atoms with Crippen molar-refractivity contribution in [2.75, 3.05) is 7.11 Å². The smallest absolute Gasteiger partial charge is 0.328 e. The van der Waals surface area contributed by atoms with Gasteiger partial charge in [0.25, 0.3) is 5.91 Å². The fourth-order valence-electron chi connectivity index (χ4n) is 3.47. The topological polar surface area (TPSA) is 97.8 Å². The number of benzene rings is 2. The standard InChI is InChI=1S/C26H26F2N2O5S/c1-14-13-18(28)7-10-20(14)24(36-19-8-5-17(27)6-9-19)16(3)35-26(33)15(2)30-25(32)22-23(31)21(34-4)11-12-29-22/h5-13,15-16,24,31H,1-4H3,(H,30,32)/t15-,16-,24-/m0/s1. The first kappa shape index (κ1) is 26.9.